The maximum atomic E-state index is 13.6. The molecular weight excluding hydrogens is 550 g/mol. The van der Waals surface area contributed by atoms with Crippen LogP contribution < -0.4 is 14.4 Å². The molecule has 0 aromatic heterocycles. The van der Waals surface area contributed by atoms with Crippen LogP contribution in [0.2, 0.25) is 0 Å². The maximum Gasteiger partial charge on any atom is 0.300 e. The SMILES string of the molecule is CCOc1cc(C2/C(=C(\O)c3ccc(OC)c(Br)c3)C(=O)C(=O)N2c2cccc3ccccc23)ccc1O. The molecule has 0 spiro atoms. The third-order valence-electron chi connectivity index (χ3n) is 6.50. The van der Waals surface area contributed by atoms with Gasteiger partial charge in [0.05, 0.1) is 35.5 Å². The molecule has 0 radical (unpaired) electrons. The predicted molar refractivity (Wildman–Crippen MR) is 149 cm³/mol. The Morgan fingerprint density at radius 1 is 0.974 bits per heavy atom. The average molecular weight is 574 g/mol. The normalized spacial score (nSPS) is 16.7. The molecular formula is C30H24BrNO6. The van der Waals surface area contributed by atoms with Gasteiger partial charge in [-0.25, -0.2) is 0 Å². The number of ketones is 1. The first-order valence-corrected chi connectivity index (χ1v) is 12.7. The first-order valence-electron chi connectivity index (χ1n) is 11.9. The van der Waals surface area contributed by atoms with E-state index in [4.69, 9.17) is 9.47 Å². The predicted octanol–water partition coefficient (Wildman–Crippen LogP) is 6.34. The number of halogens is 1. The Kier molecular flexibility index (Phi) is 6.82. The first kappa shape index (κ1) is 25.4. The third-order valence-corrected chi connectivity index (χ3v) is 7.11. The average Bonchev–Trinajstić information content (AvgIpc) is 3.19. The number of hydrogen-bond donors (Lipinski definition) is 2. The Balaban J connectivity index is 1.78. The number of benzene rings is 4. The summed E-state index contributed by atoms with van der Waals surface area (Å²) in [7, 11) is 1.52. The molecule has 4 aromatic carbocycles. The number of carbonyl (C=O) groups is 2. The van der Waals surface area contributed by atoms with Crippen molar-refractivity contribution in [2.45, 2.75) is 13.0 Å². The highest BCUT2D eigenvalue weighted by Gasteiger charge is 2.47. The number of phenols is 1. The second kappa shape index (κ2) is 10.2. The van der Waals surface area contributed by atoms with Crippen molar-refractivity contribution < 1.29 is 29.3 Å². The molecule has 1 fully saturated rings. The van der Waals surface area contributed by atoms with Crippen molar-refractivity contribution in [3.63, 3.8) is 0 Å². The number of amides is 1. The molecule has 1 unspecified atom stereocenters. The van der Waals surface area contributed by atoms with Crippen molar-refractivity contribution in [1.82, 2.24) is 0 Å². The number of aliphatic hydroxyl groups is 1. The van der Waals surface area contributed by atoms with Crippen molar-refractivity contribution in [3.05, 3.63) is 100 Å². The van der Waals surface area contributed by atoms with E-state index >= 15 is 0 Å². The summed E-state index contributed by atoms with van der Waals surface area (Å²) in [5, 5.41) is 23.5. The molecule has 192 valence electrons. The largest absolute Gasteiger partial charge is 0.507 e. The standard InChI is InChI=1S/C30H24BrNO6/c1-3-38-25-16-18(11-13-23(25)33)27-26(28(34)19-12-14-24(37-2)21(31)15-19)29(35)30(36)32(27)22-10-6-8-17-7-4-5-9-20(17)22/h4-16,27,33-34H,3H2,1-2H3/b28-26+. The molecule has 38 heavy (non-hydrogen) atoms. The zero-order valence-electron chi connectivity index (χ0n) is 20.6. The fourth-order valence-electron chi connectivity index (χ4n) is 4.76. The summed E-state index contributed by atoms with van der Waals surface area (Å²) < 4.78 is 11.4. The number of hydrogen-bond acceptors (Lipinski definition) is 6. The molecule has 1 aliphatic rings. The fraction of sp³-hybridized carbons (Fsp3) is 0.133. The second-order valence-corrected chi connectivity index (χ2v) is 9.53. The Labute approximate surface area is 227 Å². The smallest absolute Gasteiger partial charge is 0.300 e. The Morgan fingerprint density at radius 3 is 2.47 bits per heavy atom. The van der Waals surface area contributed by atoms with Crippen molar-refractivity contribution in [3.8, 4) is 17.2 Å². The fourth-order valence-corrected chi connectivity index (χ4v) is 5.30. The lowest BCUT2D eigenvalue weighted by Crippen LogP contribution is -2.29. The zero-order valence-corrected chi connectivity index (χ0v) is 22.2. The molecule has 4 aromatic rings. The number of aliphatic hydroxyl groups excluding tert-OH is 1. The number of nitrogens with zero attached hydrogens (tertiary/aromatic N) is 1. The summed E-state index contributed by atoms with van der Waals surface area (Å²) in [6.07, 6.45) is 0. The highest BCUT2D eigenvalue weighted by atomic mass is 79.9. The number of anilines is 1. The summed E-state index contributed by atoms with van der Waals surface area (Å²) in [5.41, 5.74) is 1.28. The van der Waals surface area contributed by atoms with Crippen LogP contribution in [0.25, 0.3) is 16.5 Å². The lowest BCUT2D eigenvalue weighted by atomic mass is 9.94. The highest BCUT2D eigenvalue weighted by molar-refractivity contribution is 9.10. The lowest BCUT2D eigenvalue weighted by Gasteiger charge is -2.27. The molecule has 0 bridgehead atoms. The van der Waals surface area contributed by atoms with Crippen LogP contribution in [0.4, 0.5) is 5.69 Å². The van der Waals surface area contributed by atoms with Gasteiger partial charge in [0.1, 0.15) is 11.5 Å². The van der Waals surface area contributed by atoms with E-state index in [9.17, 15) is 19.8 Å². The molecule has 1 atom stereocenters. The van der Waals surface area contributed by atoms with Gasteiger partial charge in [-0.2, -0.15) is 0 Å². The van der Waals surface area contributed by atoms with E-state index in [-0.39, 0.29) is 22.8 Å². The van der Waals surface area contributed by atoms with Gasteiger partial charge < -0.3 is 19.7 Å². The quantitative estimate of drug-likeness (QED) is 0.159. The van der Waals surface area contributed by atoms with Gasteiger partial charge in [0.15, 0.2) is 11.5 Å². The number of phenolic OH excluding ortho intramolecular Hbond substituents is 1. The van der Waals surface area contributed by atoms with E-state index in [1.165, 1.54) is 18.1 Å². The van der Waals surface area contributed by atoms with Crippen molar-refractivity contribution >= 4 is 49.8 Å². The third kappa shape index (κ3) is 4.26. The molecule has 5 rings (SSSR count). The minimum absolute atomic E-state index is 0.0724. The van der Waals surface area contributed by atoms with E-state index in [0.29, 0.717) is 33.6 Å². The Hall–Kier alpha value is -4.30. The molecule has 8 heteroatoms. The van der Waals surface area contributed by atoms with Crippen LogP contribution in [0.3, 0.4) is 0 Å². The minimum atomic E-state index is -0.985. The van der Waals surface area contributed by atoms with E-state index in [2.05, 4.69) is 15.9 Å². The van der Waals surface area contributed by atoms with Crippen molar-refractivity contribution in [2.75, 3.05) is 18.6 Å². The monoisotopic (exact) mass is 573 g/mol. The summed E-state index contributed by atoms with van der Waals surface area (Å²) in [4.78, 5) is 28.6. The van der Waals surface area contributed by atoms with Gasteiger partial charge in [-0.05, 0) is 70.2 Å². The highest BCUT2D eigenvalue weighted by Crippen LogP contribution is 2.46. The molecule has 7 nitrogen and oxygen atoms in total. The summed E-state index contributed by atoms with van der Waals surface area (Å²) in [6, 6.07) is 21.6. The minimum Gasteiger partial charge on any atom is -0.507 e. The number of Topliss-reactive ketones (excluding diaryl/α,β-unsaturated/α-hetero) is 1. The van der Waals surface area contributed by atoms with Crippen LogP contribution in [0, 0.1) is 0 Å². The van der Waals surface area contributed by atoms with Crippen LogP contribution in [-0.4, -0.2) is 35.6 Å². The van der Waals surface area contributed by atoms with E-state index in [1.807, 2.05) is 36.4 Å². The second-order valence-electron chi connectivity index (χ2n) is 8.68. The molecule has 1 aliphatic heterocycles. The van der Waals surface area contributed by atoms with Crippen LogP contribution in [0.5, 0.6) is 17.2 Å². The molecule has 2 N–H and O–H groups in total. The van der Waals surface area contributed by atoms with Crippen LogP contribution >= 0.6 is 15.9 Å². The number of methoxy groups -OCH3 is 1. The summed E-state index contributed by atoms with van der Waals surface area (Å²) in [6.45, 7) is 2.09. The maximum absolute atomic E-state index is 13.6. The molecule has 1 amide bonds. The van der Waals surface area contributed by atoms with Crippen LogP contribution in [-0.2, 0) is 9.59 Å². The van der Waals surface area contributed by atoms with Crippen molar-refractivity contribution in [1.29, 1.82) is 0 Å². The van der Waals surface area contributed by atoms with Gasteiger partial charge in [0, 0.05) is 10.9 Å². The Morgan fingerprint density at radius 2 is 1.74 bits per heavy atom. The van der Waals surface area contributed by atoms with Gasteiger partial charge in [-0.3, -0.25) is 14.5 Å². The number of aromatic hydroxyl groups is 1. The molecule has 1 saturated heterocycles. The van der Waals surface area contributed by atoms with Gasteiger partial charge in [-0.15, -0.1) is 0 Å². The van der Waals surface area contributed by atoms with Crippen molar-refractivity contribution in [2.24, 2.45) is 0 Å². The summed E-state index contributed by atoms with van der Waals surface area (Å²) >= 11 is 3.42. The van der Waals surface area contributed by atoms with E-state index in [1.54, 1.807) is 43.3 Å². The Bertz CT molecular complexity index is 1610. The van der Waals surface area contributed by atoms with Crippen LogP contribution in [0.1, 0.15) is 24.1 Å². The number of ether oxygens (including phenoxy) is 2. The van der Waals surface area contributed by atoms with E-state index < -0.39 is 17.7 Å². The van der Waals surface area contributed by atoms with Gasteiger partial charge >= 0.3 is 0 Å². The topological polar surface area (TPSA) is 96.3 Å². The van der Waals surface area contributed by atoms with Gasteiger partial charge in [0.25, 0.3) is 11.7 Å². The van der Waals surface area contributed by atoms with Crippen LogP contribution in [0.15, 0.2) is 88.9 Å². The molecule has 1 heterocycles. The molecule has 0 saturated carbocycles. The molecule has 0 aliphatic carbocycles. The first-order chi connectivity index (χ1) is 18.3. The van der Waals surface area contributed by atoms with Gasteiger partial charge in [-0.1, -0.05) is 42.5 Å². The van der Waals surface area contributed by atoms with Gasteiger partial charge in [0.2, 0.25) is 0 Å². The number of carbonyl (C=O) groups excluding carboxylic acids is 2. The zero-order chi connectivity index (χ0) is 27.0. The summed E-state index contributed by atoms with van der Waals surface area (Å²) in [5.74, 6) is -1.23. The lowest BCUT2D eigenvalue weighted by molar-refractivity contribution is -0.132. The number of rotatable bonds is 6. The van der Waals surface area contributed by atoms with E-state index in [0.717, 1.165) is 10.8 Å². The number of fused-ring (bicyclic) bond motifs is 1.